The van der Waals surface area contributed by atoms with E-state index in [1.807, 2.05) is 13.8 Å². The Balaban J connectivity index is 0.000000785. The number of carbonyl (C=O) groups is 4. The maximum Gasteiger partial charge on any atom is 0.327 e. The largest absolute Gasteiger partial charge is 0.505 e. The summed E-state index contributed by atoms with van der Waals surface area (Å²) < 4.78 is 13.2. The number of phenols is 1. The molecular formula is C21H28FN3O6. The number of hydrogen-bond donors (Lipinski definition) is 2. The third-order valence-electron chi connectivity index (χ3n) is 5.36. The number of imide groups is 1. The molecule has 0 atom stereocenters. The number of likely N-dealkylation sites (tertiary alicyclic amines) is 1. The normalized spacial score (nSPS) is 17.8. The van der Waals surface area contributed by atoms with Gasteiger partial charge in [0.2, 0.25) is 0 Å². The first-order valence-corrected chi connectivity index (χ1v) is 9.97. The van der Waals surface area contributed by atoms with Crippen LogP contribution in [0.2, 0.25) is 0 Å². The molecule has 0 aromatic heterocycles. The summed E-state index contributed by atoms with van der Waals surface area (Å²) in [6, 6.07) is 3.18. The fourth-order valence-electron chi connectivity index (χ4n) is 3.89. The van der Waals surface area contributed by atoms with Crippen molar-refractivity contribution in [3.05, 3.63) is 29.6 Å². The Morgan fingerprint density at radius 3 is 2.23 bits per heavy atom. The van der Waals surface area contributed by atoms with Crippen molar-refractivity contribution in [3.8, 4) is 5.75 Å². The lowest BCUT2D eigenvalue weighted by atomic mass is 9.85. The van der Waals surface area contributed by atoms with Crippen LogP contribution >= 0.6 is 0 Å². The minimum Gasteiger partial charge on any atom is -0.505 e. The topological polar surface area (TPSA) is 118 Å². The van der Waals surface area contributed by atoms with Gasteiger partial charge in [-0.15, -0.1) is 0 Å². The molecule has 31 heavy (non-hydrogen) atoms. The van der Waals surface area contributed by atoms with Crippen LogP contribution in [0.1, 0.15) is 44.0 Å². The van der Waals surface area contributed by atoms with Crippen LogP contribution in [-0.4, -0.2) is 80.9 Å². The highest BCUT2D eigenvalue weighted by molar-refractivity contribution is 6.07. The minimum atomic E-state index is -0.905. The molecule has 2 fully saturated rings. The van der Waals surface area contributed by atoms with Crippen molar-refractivity contribution < 1.29 is 33.8 Å². The van der Waals surface area contributed by atoms with Gasteiger partial charge < -0.3 is 20.0 Å². The maximum absolute atomic E-state index is 13.2. The van der Waals surface area contributed by atoms with Gasteiger partial charge in [0.15, 0.2) is 11.6 Å². The van der Waals surface area contributed by atoms with Crippen LogP contribution < -0.4 is 0 Å². The Morgan fingerprint density at radius 1 is 1.19 bits per heavy atom. The number of aromatic hydroxyl groups is 1. The van der Waals surface area contributed by atoms with Crippen LogP contribution in [-0.2, 0) is 9.59 Å². The fourth-order valence-corrected chi connectivity index (χ4v) is 3.89. The SMILES string of the molecule is CC(=O)O.CC(C)CN1C(=O)N(C)C(=O)C12CCN(C(=O)c1ccc(F)c(O)c1)CC2. The van der Waals surface area contributed by atoms with E-state index in [0.717, 1.165) is 24.0 Å². The number of piperidine rings is 1. The number of urea groups is 1. The smallest absolute Gasteiger partial charge is 0.327 e. The zero-order chi connectivity index (χ0) is 23.5. The van der Waals surface area contributed by atoms with Gasteiger partial charge in [-0.2, -0.15) is 0 Å². The Bertz CT molecular complexity index is 876. The highest BCUT2D eigenvalue weighted by Gasteiger charge is 2.57. The number of carbonyl (C=O) groups excluding carboxylic acids is 3. The number of carboxylic acid groups (broad SMARTS) is 1. The molecule has 2 heterocycles. The van der Waals surface area contributed by atoms with E-state index >= 15 is 0 Å². The molecule has 1 aromatic carbocycles. The number of phenolic OH excluding ortho intramolecular Hbond substituents is 1. The summed E-state index contributed by atoms with van der Waals surface area (Å²) in [5.74, 6) is -2.53. The second-order valence-corrected chi connectivity index (χ2v) is 8.16. The van der Waals surface area contributed by atoms with Gasteiger partial charge in [-0.1, -0.05) is 13.8 Å². The Morgan fingerprint density at radius 2 is 1.74 bits per heavy atom. The van der Waals surface area contributed by atoms with E-state index < -0.39 is 23.1 Å². The van der Waals surface area contributed by atoms with E-state index in [9.17, 15) is 23.9 Å². The molecule has 2 aliphatic rings. The van der Waals surface area contributed by atoms with E-state index in [4.69, 9.17) is 9.90 Å². The predicted molar refractivity (Wildman–Crippen MR) is 109 cm³/mol. The summed E-state index contributed by atoms with van der Waals surface area (Å²) in [5.41, 5.74) is -0.715. The van der Waals surface area contributed by atoms with E-state index in [1.165, 1.54) is 13.1 Å². The zero-order valence-corrected chi connectivity index (χ0v) is 18.1. The first-order valence-electron chi connectivity index (χ1n) is 9.97. The van der Waals surface area contributed by atoms with E-state index in [2.05, 4.69) is 0 Å². The highest BCUT2D eigenvalue weighted by atomic mass is 19.1. The number of aliphatic carboxylic acids is 1. The quantitative estimate of drug-likeness (QED) is 0.700. The molecule has 3 rings (SSSR count). The van der Waals surface area contributed by atoms with Gasteiger partial charge in [-0.05, 0) is 37.0 Å². The first kappa shape index (κ1) is 24.1. The first-order chi connectivity index (χ1) is 14.4. The maximum atomic E-state index is 13.2. The van der Waals surface area contributed by atoms with Crippen LogP contribution in [0, 0.1) is 11.7 Å². The van der Waals surface area contributed by atoms with Crippen molar-refractivity contribution in [3.63, 3.8) is 0 Å². The van der Waals surface area contributed by atoms with Crippen molar-refractivity contribution in [2.75, 3.05) is 26.7 Å². The molecule has 1 spiro atoms. The molecule has 1 aromatic rings. The molecule has 170 valence electrons. The van der Waals surface area contributed by atoms with Crippen LogP contribution in [0.5, 0.6) is 5.75 Å². The number of carboxylic acids is 1. The van der Waals surface area contributed by atoms with Gasteiger partial charge in [0.05, 0.1) is 0 Å². The number of amides is 4. The van der Waals surface area contributed by atoms with Crippen molar-refractivity contribution in [1.82, 2.24) is 14.7 Å². The van der Waals surface area contributed by atoms with Crippen LogP contribution in [0.3, 0.4) is 0 Å². The summed E-state index contributed by atoms with van der Waals surface area (Å²) in [4.78, 5) is 51.3. The Kier molecular flexibility index (Phi) is 7.24. The lowest BCUT2D eigenvalue weighted by Gasteiger charge is -2.42. The summed E-state index contributed by atoms with van der Waals surface area (Å²) in [6.45, 7) is 6.15. The fraction of sp³-hybridized carbons (Fsp3) is 0.524. The third-order valence-corrected chi connectivity index (χ3v) is 5.36. The minimum absolute atomic E-state index is 0.190. The summed E-state index contributed by atoms with van der Waals surface area (Å²) in [5, 5.41) is 16.9. The van der Waals surface area contributed by atoms with Gasteiger partial charge in [0.25, 0.3) is 17.8 Å². The van der Waals surface area contributed by atoms with Crippen LogP contribution in [0.25, 0.3) is 0 Å². The monoisotopic (exact) mass is 437 g/mol. The van der Waals surface area contributed by atoms with Crippen molar-refractivity contribution in [2.24, 2.45) is 5.92 Å². The average molecular weight is 437 g/mol. The molecule has 4 amide bonds. The van der Waals surface area contributed by atoms with Gasteiger partial charge in [-0.25, -0.2) is 9.18 Å². The standard InChI is InChI=1S/C19H24FN3O4.C2H4O2/c1-12(2)11-23-18(27)21(3)17(26)19(23)6-8-22(9-7-19)16(25)13-4-5-14(20)15(24)10-13;1-2(3)4/h4-5,10,12,24H,6-9,11H2,1-3H3;1H3,(H,3,4). The third kappa shape index (κ3) is 4.95. The molecule has 2 N–H and O–H groups in total. The molecule has 2 aliphatic heterocycles. The van der Waals surface area contributed by atoms with Crippen molar-refractivity contribution in [1.29, 1.82) is 0 Å². The van der Waals surface area contributed by atoms with Gasteiger partial charge in [-0.3, -0.25) is 19.3 Å². The van der Waals surface area contributed by atoms with E-state index in [0.29, 0.717) is 32.5 Å². The van der Waals surface area contributed by atoms with Crippen molar-refractivity contribution >= 4 is 23.8 Å². The zero-order valence-electron chi connectivity index (χ0n) is 18.1. The van der Waals surface area contributed by atoms with E-state index in [-0.39, 0.29) is 29.3 Å². The summed E-state index contributed by atoms with van der Waals surface area (Å²) >= 11 is 0. The second kappa shape index (κ2) is 9.32. The van der Waals surface area contributed by atoms with Gasteiger partial charge >= 0.3 is 6.03 Å². The van der Waals surface area contributed by atoms with Gasteiger partial charge in [0.1, 0.15) is 5.54 Å². The molecule has 9 nitrogen and oxygen atoms in total. The molecule has 2 saturated heterocycles. The molecule has 0 aliphatic carbocycles. The van der Waals surface area contributed by atoms with E-state index in [1.54, 1.807) is 9.80 Å². The number of nitrogens with zero attached hydrogens (tertiary/aromatic N) is 3. The highest BCUT2D eigenvalue weighted by Crippen LogP contribution is 2.37. The molecule has 0 bridgehead atoms. The number of likely N-dealkylation sites (N-methyl/N-ethyl adjacent to an activating group) is 1. The summed E-state index contributed by atoms with van der Waals surface area (Å²) in [6.07, 6.45) is 0.709. The lowest BCUT2D eigenvalue weighted by Crippen LogP contribution is -2.58. The van der Waals surface area contributed by atoms with Crippen molar-refractivity contribution in [2.45, 2.75) is 39.2 Å². The molecule has 0 saturated carbocycles. The number of rotatable bonds is 3. The lowest BCUT2D eigenvalue weighted by molar-refractivity contribution is -0.135. The van der Waals surface area contributed by atoms with Crippen LogP contribution in [0.15, 0.2) is 18.2 Å². The number of hydrogen-bond acceptors (Lipinski definition) is 5. The summed E-state index contributed by atoms with van der Waals surface area (Å²) in [7, 11) is 1.49. The molecular weight excluding hydrogens is 409 g/mol. The molecule has 0 unspecified atom stereocenters. The Hall–Kier alpha value is -3.17. The molecule has 0 radical (unpaired) electrons. The number of halogens is 1. The molecule has 10 heteroatoms. The van der Waals surface area contributed by atoms with Gasteiger partial charge in [0, 0.05) is 39.2 Å². The van der Waals surface area contributed by atoms with Crippen LogP contribution in [0.4, 0.5) is 9.18 Å². The Labute approximate surface area is 180 Å². The predicted octanol–water partition coefficient (Wildman–Crippen LogP) is 2.15. The second-order valence-electron chi connectivity index (χ2n) is 8.16. The average Bonchev–Trinajstić information content (AvgIpc) is 2.86. The number of benzene rings is 1.